The van der Waals surface area contributed by atoms with Gasteiger partial charge in [0.25, 0.3) is 0 Å². The number of aromatic nitrogens is 7. The lowest BCUT2D eigenvalue weighted by Crippen LogP contribution is -2.07. The van der Waals surface area contributed by atoms with Gasteiger partial charge in [-0.3, -0.25) is 0 Å². The van der Waals surface area contributed by atoms with Crippen molar-refractivity contribution in [2.24, 2.45) is 0 Å². The van der Waals surface area contributed by atoms with Gasteiger partial charge < -0.3 is 9.30 Å². The predicted octanol–water partition coefficient (Wildman–Crippen LogP) is 2.60. The van der Waals surface area contributed by atoms with Gasteiger partial charge in [0.1, 0.15) is 6.33 Å². The molecule has 0 saturated carbocycles. The number of benzene rings is 1. The van der Waals surface area contributed by atoms with Crippen molar-refractivity contribution in [2.75, 3.05) is 13.7 Å². The molecule has 0 bridgehead atoms. The number of hydrogen-bond acceptors (Lipinski definition) is 7. The van der Waals surface area contributed by atoms with Crippen LogP contribution in [0, 0.1) is 0 Å². The van der Waals surface area contributed by atoms with E-state index in [9.17, 15) is 13.2 Å². The van der Waals surface area contributed by atoms with Gasteiger partial charge in [0.2, 0.25) is 0 Å². The van der Waals surface area contributed by atoms with Crippen LogP contribution >= 0.6 is 11.8 Å². The molecule has 0 aliphatic rings. The molecule has 27 heavy (non-hydrogen) atoms. The summed E-state index contributed by atoms with van der Waals surface area (Å²) in [4.78, 5) is 0. The van der Waals surface area contributed by atoms with Crippen molar-refractivity contribution in [3.63, 3.8) is 0 Å². The molecular formula is C15H16F3N7OS. The van der Waals surface area contributed by atoms with Crippen molar-refractivity contribution >= 4 is 11.8 Å². The highest BCUT2D eigenvalue weighted by Crippen LogP contribution is 2.29. The van der Waals surface area contributed by atoms with Gasteiger partial charge in [-0.05, 0) is 41.1 Å². The number of nitrogens with zero attached hydrogens (tertiary/aromatic N) is 7. The molecule has 1 aromatic carbocycles. The lowest BCUT2D eigenvalue weighted by Gasteiger charge is -2.09. The molecule has 3 rings (SSSR count). The Morgan fingerprint density at radius 1 is 1.15 bits per heavy atom. The molecule has 0 unspecified atom stereocenters. The largest absolute Gasteiger partial charge is 0.416 e. The van der Waals surface area contributed by atoms with Gasteiger partial charge in [-0.15, -0.1) is 15.3 Å². The smallest absolute Gasteiger partial charge is 0.385 e. The first kappa shape index (κ1) is 19.3. The van der Waals surface area contributed by atoms with Gasteiger partial charge in [-0.2, -0.15) is 17.9 Å². The maximum atomic E-state index is 12.7. The van der Waals surface area contributed by atoms with Crippen LogP contribution in [0.2, 0.25) is 0 Å². The third-order valence-corrected chi connectivity index (χ3v) is 4.61. The molecule has 2 aromatic heterocycles. The summed E-state index contributed by atoms with van der Waals surface area (Å²) in [5, 5.41) is 20.1. The third-order valence-electron chi connectivity index (χ3n) is 3.63. The number of methoxy groups -OCH3 is 1. The Kier molecular flexibility index (Phi) is 6.06. The monoisotopic (exact) mass is 399 g/mol. The number of aryl methyl sites for hydroxylation is 1. The normalized spacial score (nSPS) is 11.9. The summed E-state index contributed by atoms with van der Waals surface area (Å²) in [6, 6.07) is 4.67. The van der Waals surface area contributed by atoms with Gasteiger partial charge in [0.15, 0.2) is 11.0 Å². The molecule has 8 nitrogen and oxygen atoms in total. The zero-order chi connectivity index (χ0) is 19.3. The minimum absolute atomic E-state index is 0.386. The molecule has 2 heterocycles. The van der Waals surface area contributed by atoms with E-state index < -0.39 is 11.7 Å². The van der Waals surface area contributed by atoms with Gasteiger partial charge in [-0.1, -0.05) is 11.8 Å². The molecule has 12 heteroatoms. The molecule has 0 aliphatic carbocycles. The van der Waals surface area contributed by atoms with Crippen LogP contribution in [-0.2, 0) is 23.2 Å². The molecular weight excluding hydrogens is 383 g/mol. The molecule has 0 amide bonds. The zero-order valence-electron chi connectivity index (χ0n) is 14.3. The first-order valence-corrected chi connectivity index (χ1v) is 8.92. The van der Waals surface area contributed by atoms with E-state index in [1.807, 2.05) is 4.57 Å². The summed E-state index contributed by atoms with van der Waals surface area (Å²) < 4.78 is 46.4. The van der Waals surface area contributed by atoms with Crippen molar-refractivity contribution in [2.45, 2.75) is 30.1 Å². The van der Waals surface area contributed by atoms with Crippen LogP contribution in [0.25, 0.3) is 5.69 Å². The van der Waals surface area contributed by atoms with Crippen LogP contribution in [0.3, 0.4) is 0 Å². The summed E-state index contributed by atoms with van der Waals surface area (Å²) in [6.45, 7) is 1.35. The van der Waals surface area contributed by atoms with E-state index in [0.29, 0.717) is 35.6 Å². The zero-order valence-corrected chi connectivity index (χ0v) is 15.1. The molecule has 0 atom stereocenters. The minimum atomic E-state index is -4.38. The van der Waals surface area contributed by atoms with Gasteiger partial charge in [0, 0.05) is 20.3 Å². The Morgan fingerprint density at radius 2 is 1.93 bits per heavy atom. The lowest BCUT2D eigenvalue weighted by atomic mass is 10.2. The molecule has 0 aliphatic heterocycles. The van der Waals surface area contributed by atoms with Crippen molar-refractivity contribution < 1.29 is 17.9 Å². The summed E-state index contributed by atoms with van der Waals surface area (Å²) in [5.41, 5.74) is -0.274. The minimum Gasteiger partial charge on any atom is -0.385 e. The Bertz CT molecular complexity index is 863. The highest BCUT2D eigenvalue weighted by Gasteiger charge is 2.30. The van der Waals surface area contributed by atoms with Crippen LogP contribution in [0.1, 0.15) is 17.8 Å². The quantitative estimate of drug-likeness (QED) is 0.425. The molecule has 3 aromatic rings. The summed E-state index contributed by atoms with van der Waals surface area (Å²) in [7, 11) is 1.64. The van der Waals surface area contributed by atoms with E-state index in [-0.39, 0.29) is 0 Å². The summed E-state index contributed by atoms with van der Waals surface area (Å²) in [6.07, 6.45) is -1.92. The summed E-state index contributed by atoms with van der Waals surface area (Å²) >= 11 is 1.39. The molecule has 0 radical (unpaired) electrons. The second-order valence-electron chi connectivity index (χ2n) is 5.49. The number of alkyl halides is 3. The van der Waals surface area contributed by atoms with Gasteiger partial charge >= 0.3 is 6.18 Å². The first-order chi connectivity index (χ1) is 13.0. The van der Waals surface area contributed by atoms with Crippen LogP contribution in [0.15, 0.2) is 35.7 Å². The Morgan fingerprint density at radius 3 is 2.63 bits per heavy atom. The topological polar surface area (TPSA) is 83.5 Å². The second kappa shape index (κ2) is 8.48. The third kappa shape index (κ3) is 4.83. The lowest BCUT2D eigenvalue weighted by molar-refractivity contribution is -0.137. The highest BCUT2D eigenvalue weighted by atomic mass is 32.2. The van der Waals surface area contributed by atoms with Gasteiger partial charge in [0.05, 0.1) is 17.0 Å². The Hall–Kier alpha value is -2.47. The first-order valence-electron chi connectivity index (χ1n) is 7.93. The number of hydrogen-bond donors (Lipinski definition) is 0. The maximum absolute atomic E-state index is 12.7. The molecule has 0 N–H and O–H groups in total. The average molecular weight is 399 g/mol. The van der Waals surface area contributed by atoms with E-state index in [0.717, 1.165) is 18.6 Å². The Labute approximate surface area is 156 Å². The van der Waals surface area contributed by atoms with Crippen molar-refractivity contribution in [1.82, 2.24) is 35.0 Å². The van der Waals surface area contributed by atoms with E-state index in [1.165, 1.54) is 28.6 Å². The Balaban J connectivity index is 1.69. The van der Waals surface area contributed by atoms with Crippen LogP contribution in [-0.4, -0.2) is 48.7 Å². The van der Waals surface area contributed by atoms with E-state index in [4.69, 9.17) is 4.74 Å². The number of rotatable bonds is 8. The second-order valence-corrected chi connectivity index (χ2v) is 6.44. The maximum Gasteiger partial charge on any atom is 0.416 e. The predicted molar refractivity (Wildman–Crippen MR) is 90.2 cm³/mol. The molecule has 0 fully saturated rings. The molecule has 144 valence electrons. The van der Waals surface area contributed by atoms with Crippen LogP contribution in [0.5, 0.6) is 0 Å². The van der Waals surface area contributed by atoms with E-state index >= 15 is 0 Å². The number of thioether (sulfide) groups is 1. The van der Waals surface area contributed by atoms with Crippen LogP contribution in [0.4, 0.5) is 13.2 Å². The van der Waals surface area contributed by atoms with Crippen molar-refractivity contribution in [3.05, 3.63) is 42.0 Å². The number of tetrazole rings is 1. The summed E-state index contributed by atoms with van der Waals surface area (Å²) in [5.74, 6) is 0.878. The standard InChI is InChI=1S/C15H16F3N7OS/c1-26-8-2-7-24-10-19-21-14(24)27-9-13-20-22-23-25(13)12-5-3-11(4-6-12)15(16,17)18/h3-6,10H,2,7-9H2,1H3. The number of ether oxygens (including phenoxy) is 1. The fraction of sp³-hybridized carbons (Fsp3) is 0.400. The fourth-order valence-corrected chi connectivity index (χ4v) is 3.15. The van der Waals surface area contributed by atoms with Crippen LogP contribution < -0.4 is 0 Å². The molecule has 0 spiro atoms. The SMILES string of the molecule is COCCCn1cnnc1SCc1nnnn1-c1ccc(C(F)(F)F)cc1. The molecule has 0 saturated heterocycles. The van der Waals surface area contributed by atoms with Crippen molar-refractivity contribution in [1.29, 1.82) is 0 Å². The average Bonchev–Trinajstić information content (AvgIpc) is 3.28. The highest BCUT2D eigenvalue weighted by molar-refractivity contribution is 7.98. The van der Waals surface area contributed by atoms with E-state index in [2.05, 4.69) is 25.7 Å². The van der Waals surface area contributed by atoms with Gasteiger partial charge in [-0.25, -0.2) is 0 Å². The number of halogens is 3. The fourth-order valence-electron chi connectivity index (χ4n) is 2.31. The van der Waals surface area contributed by atoms with Crippen molar-refractivity contribution in [3.8, 4) is 5.69 Å². The van der Waals surface area contributed by atoms with E-state index in [1.54, 1.807) is 13.4 Å².